The highest BCUT2D eigenvalue weighted by atomic mass is 35.5. The minimum absolute atomic E-state index is 0.0101. The van der Waals surface area contributed by atoms with E-state index in [1.807, 2.05) is 32.6 Å². The van der Waals surface area contributed by atoms with Crippen molar-refractivity contribution in [2.45, 2.75) is 39.8 Å². The predicted molar refractivity (Wildman–Crippen MR) is 181 cm³/mol. The molecule has 1 unspecified atom stereocenters. The average molecular weight is 706 g/mol. The van der Waals surface area contributed by atoms with Gasteiger partial charge in [0.15, 0.2) is 11.6 Å². The number of hydrogen-bond acceptors (Lipinski definition) is 7. The van der Waals surface area contributed by atoms with Gasteiger partial charge >= 0.3 is 0 Å². The van der Waals surface area contributed by atoms with Gasteiger partial charge in [0, 0.05) is 31.1 Å². The van der Waals surface area contributed by atoms with Crippen LogP contribution in [0.1, 0.15) is 33.3 Å². The van der Waals surface area contributed by atoms with Gasteiger partial charge in [0.2, 0.25) is 5.91 Å². The molecule has 0 bridgehead atoms. The maximum Gasteiger partial charge on any atom is 0.276 e. The largest absolute Gasteiger partial charge is 0.504 e. The number of rotatable bonds is 5. The molecule has 5 rings (SSSR count). The van der Waals surface area contributed by atoms with Crippen LogP contribution in [0, 0.1) is 23.1 Å². The zero-order valence-electron chi connectivity index (χ0n) is 25.3. The number of phenols is 1. The standard InChI is InChI=1S/C32H29Cl4FN6O3/c1-6-20(44)42-10-9-41(13-16(42)5)29-17-11-19(33)27(21-22(34)23(35)24(36)30(45)25(21)37)40-31(17)43(32(46)18(29)12-38)28-15(4)7-8-39-26(28)14(2)3/h6-8,11,14,16,26,39,45H,1,9-10,13H2,2-5H3/t16-,26?/m1/s1. The van der Waals surface area contributed by atoms with Gasteiger partial charge in [-0.2, -0.15) is 5.26 Å². The molecule has 0 aliphatic carbocycles. The minimum atomic E-state index is -1.20. The van der Waals surface area contributed by atoms with Crippen molar-refractivity contribution in [1.82, 2.24) is 19.8 Å². The Morgan fingerprint density at radius 3 is 2.54 bits per heavy atom. The van der Waals surface area contributed by atoms with E-state index in [0.29, 0.717) is 17.6 Å². The van der Waals surface area contributed by atoms with Gasteiger partial charge < -0.3 is 20.2 Å². The Balaban J connectivity index is 1.91. The number of nitriles is 1. The Kier molecular flexibility index (Phi) is 9.35. The fraction of sp³-hybridized carbons (Fsp3) is 0.312. The van der Waals surface area contributed by atoms with Crippen molar-refractivity contribution in [3.05, 3.63) is 78.4 Å². The molecular formula is C32H29Cl4FN6O3. The van der Waals surface area contributed by atoms with Crippen molar-refractivity contribution in [3.8, 4) is 23.1 Å². The van der Waals surface area contributed by atoms with Crippen LogP contribution in [0.2, 0.25) is 20.1 Å². The predicted octanol–water partition coefficient (Wildman–Crippen LogP) is 6.99. The van der Waals surface area contributed by atoms with Crippen molar-refractivity contribution < 1.29 is 14.3 Å². The number of aromatic hydroxyl groups is 1. The Morgan fingerprint density at radius 1 is 1.24 bits per heavy atom. The zero-order valence-corrected chi connectivity index (χ0v) is 28.3. The molecule has 2 atom stereocenters. The first-order valence-corrected chi connectivity index (χ1v) is 15.8. The third kappa shape index (κ3) is 5.39. The molecule has 0 spiro atoms. The molecule has 14 heteroatoms. The van der Waals surface area contributed by atoms with Crippen LogP contribution in [0.4, 0.5) is 10.1 Å². The number of phenolic OH excluding ortho intramolecular Hbond substituents is 1. The fourth-order valence-corrected chi connectivity index (χ4v) is 6.96. The minimum Gasteiger partial charge on any atom is -0.504 e. The first kappa shape index (κ1) is 33.6. The van der Waals surface area contributed by atoms with Gasteiger partial charge in [-0.3, -0.25) is 14.2 Å². The van der Waals surface area contributed by atoms with Crippen molar-refractivity contribution in [1.29, 1.82) is 5.26 Å². The molecule has 0 saturated carbocycles. The number of fused-ring (bicyclic) bond motifs is 1. The van der Waals surface area contributed by atoms with Crippen LogP contribution < -0.4 is 15.8 Å². The third-order valence-corrected chi connectivity index (χ3v) is 9.89. The molecule has 1 aromatic carbocycles. The molecule has 4 heterocycles. The summed E-state index contributed by atoms with van der Waals surface area (Å²) in [6.07, 6.45) is 4.83. The lowest BCUT2D eigenvalue weighted by molar-refractivity contribution is -0.128. The summed E-state index contributed by atoms with van der Waals surface area (Å²) < 4.78 is 17.0. The fourth-order valence-electron chi connectivity index (χ4n) is 6.04. The molecule has 0 radical (unpaired) electrons. The van der Waals surface area contributed by atoms with E-state index < -0.39 is 27.7 Å². The maximum atomic E-state index is 15.6. The summed E-state index contributed by atoms with van der Waals surface area (Å²) in [6.45, 7) is 12.1. The molecule has 2 aromatic heterocycles. The Bertz CT molecular complexity index is 1950. The van der Waals surface area contributed by atoms with Crippen LogP contribution in [-0.4, -0.2) is 57.2 Å². The first-order valence-electron chi connectivity index (χ1n) is 14.3. The molecule has 3 aromatic rings. The number of carbonyl (C=O) groups excluding carboxylic acids is 1. The van der Waals surface area contributed by atoms with E-state index >= 15 is 4.39 Å². The zero-order chi connectivity index (χ0) is 33.8. The number of carbonyl (C=O) groups is 1. The van der Waals surface area contributed by atoms with E-state index in [2.05, 4.69) is 18.0 Å². The number of nitrogens with zero attached hydrogens (tertiary/aromatic N) is 5. The highest BCUT2D eigenvalue weighted by Crippen LogP contribution is 2.48. The van der Waals surface area contributed by atoms with Crippen LogP contribution in [0.5, 0.6) is 5.75 Å². The third-order valence-electron chi connectivity index (χ3n) is 8.28. The number of allylic oxidation sites excluding steroid dienone is 2. The Labute approximate surface area is 284 Å². The molecule has 2 aliphatic rings. The van der Waals surface area contributed by atoms with Gasteiger partial charge in [-0.05, 0) is 49.8 Å². The molecule has 1 fully saturated rings. The number of nitrogens with one attached hydrogen (secondary N) is 1. The van der Waals surface area contributed by atoms with E-state index in [-0.39, 0.29) is 74.7 Å². The van der Waals surface area contributed by atoms with Crippen molar-refractivity contribution in [2.75, 3.05) is 24.5 Å². The summed E-state index contributed by atoms with van der Waals surface area (Å²) in [5.74, 6) is -2.39. The second-order valence-corrected chi connectivity index (χ2v) is 13.0. The summed E-state index contributed by atoms with van der Waals surface area (Å²) in [5, 5.41) is 23.3. The van der Waals surface area contributed by atoms with Crippen LogP contribution in [0.3, 0.4) is 0 Å². The maximum absolute atomic E-state index is 15.6. The molecule has 2 N–H and O–H groups in total. The summed E-state index contributed by atoms with van der Waals surface area (Å²) in [7, 11) is 0. The van der Waals surface area contributed by atoms with Gasteiger partial charge in [-0.1, -0.05) is 66.8 Å². The van der Waals surface area contributed by atoms with E-state index in [0.717, 1.165) is 5.57 Å². The molecular weight excluding hydrogens is 677 g/mol. The summed E-state index contributed by atoms with van der Waals surface area (Å²) in [5.41, 5.74) is 0.192. The summed E-state index contributed by atoms with van der Waals surface area (Å²) in [4.78, 5) is 35.2. The number of anilines is 1. The lowest BCUT2D eigenvalue weighted by atomic mass is 9.94. The molecule has 240 valence electrons. The quantitative estimate of drug-likeness (QED) is 0.167. The lowest BCUT2D eigenvalue weighted by Crippen LogP contribution is -2.54. The monoisotopic (exact) mass is 704 g/mol. The highest BCUT2D eigenvalue weighted by molar-refractivity contribution is 6.50. The lowest BCUT2D eigenvalue weighted by Gasteiger charge is -2.41. The van der Waals surface area contributed by atoms with Crippen molar-refractivity contribution >= 4 is 74.7 Å². The summed E-state index contributed by atoms with van der Waals surface area (Å²) >= 11 is 25.5. The normalized spacial score (nSPS) is 18.3. The average Bonchev–Trinajstić information content (AvgIpc) is 3.02. The molecule has 9 nitrogen and oxygen atoms in total. The molecule has 1 amide bonds. The van der Waals surface area contributed by atoms with E-state index in [1.165, 1.54) is 16.7 Å². The van der Waals surface area contributed by atoms with Crippen LogP contribution in [-0.2, 0) is 4.79 Å². The number of hydrogen-bond donors (Lipinski definition) is 2. The van der Waals surface area contributed by atoms with Crippen LogP contribution >= 0.6 is 46.4 Å². The van der Waals surface area contributed by atoms with Crippen LogP contribution in [0.25, 0.3) is 28.0 Å². The number of pyridine rings is 2. The molecule has 2 aliphatic heterocycles. The molecule has 46 heavy (non-hydrogen) atoms. The highest BCUT2D eigenvalue weighted by Gasteiger charge is 2.34. The van der Waals surface area contributed by atoms with Crippen LogP contribution in [0.15, 0.2) is 41.4 Å². The van der Waals surface area contributed by atoms with Gasteiger partial charge in [-0.25, -0.2) is 9.37 Å². The van der Waals surface area contributed by atoms with Gasteiger partial charge in [0.25, 0.3) is 5.56 Å². The van der Waals surface area contributed by atoms with Gasteiger partial charge in [0.1, 0.15) is 22.3 Å². The van der Waals surface area contributed by atoms with E-state index in [1.54, 1.807) is 17.2 Å². The topological polar surface area (TPSA) is 114 Å². The first-order chi connectivity index (χ1) is 21.7. The van der Waals surface area contributed by atoms with Crippen molar-refractivity contribution in [2.24, 2.45) is 5.92 Å². The van der Waals surface area contributed by atoms with E-state index in [4.69, 9.17) is 51.4 Å². The van der Waals surface area contributed by atoms with E-state index in [9.17, 15) is 20.0 Å². The number of benzene rings is 1. The van der Waals surface area contributed by atoms with Gasteiger partial charge in [-0.15, -0.1) is 0 Å². The number of amides is 1. The second kappa shape index (κ2) is 12.8. The summed E-state index contributed by atoms with van der Waals surface area (Å²) in [6, 6.07) is 2.93. The van der Waals surface area contributed by atoms with Gasteiger partial charge in [0.05, 0.1) is 43.8 Å². The number of piperazine rings is 1. The Hall–Kier alpha value is -3.75. The number of dihydropyridines is 1. The Morgan fingerprint density at radius 2 is 1.93 bits per heavy atom. The SMILES string of the molecule is C=CC(=O)N1CCN(c2c(C#N)c(=O)n(C3=C(C)C=CNC3C(C)C)c3nc(-c4c(F)c(O)c(Cl)c(Cl)c4Cl)c(Cl)cc23)C[C@H]1C. The molecule has 1 saturated heterocycles. The number of aromatic nitrogens is 2. The van der Waals surface area contributed by atoms with Crippen molar-refractivity contribution in [3.63, 3.8) is 0 Å². The second-order valence-electron chi connectivity index (χ2n) is 11.5. The number of halogens is 5. The smallest absolute Gasteiger partial charge is 0.276 e.